The van der Waals surface area contributed by atoms with Crippen LogP contribution in [-0.2, 0) is 10.0 Å². The number of ether oxygens (including phenoxy) is 1. The van der Waals surface area contributed by atoms with Crippen LogP contribution in [0.1, 0.15) is 18.4 Å². The Morgan fingerprint density at radius 3 is 2.77 bits per heavy atom. The summed E-state index contributed by atoms with van der Waals surface area (Å²) in [6.45, 7) is 5.57. The number of sulfonamides is 1. The van der Waals surface area contributed by atoms with Crippen LogP contribution in [0.25, 0.3) is 10.4 Å². The standard InChI is InChI=1S/C17H19N3O4S2/c1-11(23-14-5-4-8-18-10-14)9-19-26(21,22)16-7-6-15(25-16)17-12(2)20-24-13(17)3/h4-8,10-11,19H,9H2,1-3H3. The van der Waals surface area contributed by atoms with Crippen LogP contribution in [0.4, 0.5) is 0 Å². The molecule has 26 heavy (non-hydrogen) atoms. The van der Waals surface area contributed by atoms with Crippen molar-refractivity contribution in [2.24, 2.45) is 0 Å². The van der Waals surface area contributed by atoms with Gasteiger partial charge in [0.25, 0.3) is 0 Å². The van der Waals surface area contributed by atoms with Gasteiger partial charge < -0.3 is 9.26 Å². The van der Waals surface area contributed by atoms with E-state index in [1.807, 2.05) is 6.92 Å². The zero-order valence-electron chi connectivity index (χ0n) is 14.6. The summed E-state index contributed by atoms with van der Waals surface area (Å²) in [6.07, 6.45) is 2.89. The molecule has 9 heteroatoms. The number of pyridine rings is 1. The van der Waals surface area contributed by atoms with Gasteiger partial charge in [-0.1, -0.05) is 5.16 Å². The molecule has 0 amide bonds. The Morgan fingerprint density at radius 1 is 1.31 bits per heavy atom. The molecule has 7 nitrogen and oxygen atoms in total. The molecular formula is C17H19N3O4S2. The maximum absolute atomic E-state index is 12.5. The van der Waals surface area contributed by atoms with Gasteiger partial charge in [-0.25, -0.2) is 13.1 Å². The number of nitrogens with one attached hydrogen (secondary N) is 1. The van der Waals surface area contributed by atoms with E-state index in [1.54, 1.807) is 50.5 Å². The van der Waals surface area contributed by atoms with Gasteiger partial charge in [-0.2, -0.15) is 0 Å². The monoisotopic (exact) mass is 393 g/mol. The first-order valence-electron chi connectivity index (χ1n) is 7.96. The molecule has 0 saturated carbocycles. The van der Waals surface area contributed by atoms with Crippen LogP contribution in [0.5, 0.6) is 5.75 Å². The third-order valence-electron chi connectivity index (χ3n) is 3.66. The van der Waals surface area contributed by atoms with Crippen LogP contribution >= 0.6 is 11.3 Å². The number of hydrogen-bond donors (Lipinski definition) is 1. The fourth-order valence-corrected chi connectivity index (χ4v) is 5.03. The molecular weight excluding hydrogens is 374 g/mol. The highest BCUT2D eigenvalue weighted by Gasteiger charge is 2.21. The molecule has 0 aliphatic heterocycles. The first kappa shape index (κ1) is 18.6. The van der Waals surface area contributed by atoms with E-state index in [4.69, 9.17) is 9.26 Å². The maximum Gasteiger partial charge on any atom is 0.250 e. The second-order valence-electron chi connectivity index (χ2n) is 5.79. The lowest BCUT2D eigenvalue weighted by molar-refractivity contribution is 0.224. The third-order valence-corrected chi connectivity index (χ3v) is 6.68. The molecule has 138 valence electrons. The SMILES string of the molecule is Cc1noc(C)c1-c1ccc(S(=O)(=O)NCC(C)Oc2cccnc2)s1. The average molecular weight is 393 g/mol. The Kier molecular flexibility index (Phi) is 5.40. The Hall–Kier alpha value is -2.23. The number of aromatic nitrogens is 2. The summed E-state index contributed by atoms with van der Waals surface area (Å²) in [4.78, 5) is 4.77. The lowest BCUT2D eigenvalue weighted by Gasteiger charge is -2.14. The minimum absolute atomic E-state index is 0.149. The topological polar surface area (TPSA) is 94.3 Å². The molecule has 0 bridgehead atoms. The van der Waals surface area contributed by atoms with E-state index in [1.165, 1.54) is 11.3 Å². The Balaban J connectivity index is 1.67. The zero-order valence-corrected chi connectivity index (χ0v) is 16.2. The van der Waals surface area contributed by atoms with E-state index >= 15 is 0 Å². The van der Waals surface area contributed by atoms with Crippen molar-refractivity contribution in [1.29, 1.82) is 0 Å². The van der Waals surface area contributed by atoms with Crippen LogP contribution in [0.15, 0.2) is 45.4 Å². The van der Waals surface area contributed by atoms with Crippen LogP contribution in [-0.4, -0.2) is 31.2 Å². The lowest BCUT2D eigenvalue weighted by atomic mass is 10.2. The lowest BCUT2D eigenvalue weighted by Crippen LogP contribution is -2.33. The average Bonchev–Trinajstić information content (AvgIpc) is 3.21. The molecule has 0 radical (unpaired) electrons. The molecule has 0 aromatic carbocycles. The smallest absolute Gasteiger partial charge is 0.250 e. The van der Waals surface area contributed by atoms with Gasteiger partial charge in [0.15, 0.2) is 0 Å². The van der Waals surface area contributed by atoms with E-state index in [-0.39, 0.29) is 16.9 Å². The third kappa shape index (κ3) is 4.12. The van der Waals surface area contributed by atoms with E-state index in [0.717, 1.165) is 16.1 Å². The normalized spacial score (nSPS) is 12.9. The molecule has 3 heterocycles. The van der Waals surface area contributed by atoms with Gasteiger partial charge in [-0.05, 0) is 45.0 Å². The van der Waals surface area contributed by atoms with E-state index in [0.29, 0.717) is 11.5 Å². The molecule has 1 N–H and O–H groups in total. The molecule has 0 fully saturated rings. The van der Waals surface area contributed by atoms with Crippen molar-refractivity contribution in [3.8, 4) is 16.2 Å². The predicted molar refractivity (Wildman–Crippen MR) is 98.8 cm³/mol. The van der Waals surface area contributed by atoms with Crippen LogP contribution in [0.3, 0.4) is 0 Å². The minimum Gasteiger partial charge on any atom is -0.488 e. The van der Waals surface area contributed by atoms with E-state index in [2.05, 4.69) is 14.9 Å². The molecule has 0 saturated heterocycles. The Morgan fingerprint density at radius 2 is 2.12 bits per heavy atom. The van der Waals surface area contributed by atoms with Gasteiger partial charge in [0.2, 0.25) is 10.0 Å². The molecule has 0 aliphatic rings. The van der Waals surface area contributed by atoms with E-state index < -0.39 is 10.0 Å². The summed E-state index contributed by atoms with van der Waals surface area (Å²) in [5.74, 6) is 1.26. The summed E-state index contributed by atoms with van der Waals surface area (Å²) in [7, 11) is -3.62. The summed E-state index contributed by atoms with van der Waals surface area (Å²) < 4.78 is 38.7. The van der Waals surface area contributed by atoms with Gasteiger partial charge in [0.1, 0.15) is 21.8 Å². The first-order chi connectivity index (χ1) is 12.4. The van der Waals surface area contributed by atoms with Crippen molar-refractivity contribution < 1.29 is 17.7 Å². The fourth-order valence-electron chi connectivity index (χ4n) is 2.42. The quantitative estimate of drug-likeness (QED) is 0.663. The number of nitrogens with zero attached hydrogens (tertiary/aromatic N) is 2. The molecule has 1 atom stereocenters. The highest BCUT2D eigenvalue weighted by molar-refractivity contribution is 7.91. The molecule has 0 spiro atoms. The molecule has 3 aromatic heterocycles. The maximum atomic E-state index is 12.5. The molecule has 3 rings (SSSR count). The fraction of sp³-hybridized carbons (Fsp3) is 0.294. The van der Waals surface area contributed by atoms with Gasteiger partial charge in [-0.3, -0.25) is 4.98 Å². The summed E-state index contributed by atoms with van der Waals surface area (Å²) in [5.41, 5.74) is 1.57. The number of thiophene rings is 1. The number of rotatable bonds is 7. The van der Waals surface area contributed by atoms with Gasteiger partial charge >= 0.3 is 0 Å². The highest BCUT2D eigenvalue weighted by atomic mass is 32.2. The van der Waals surface area contributed by atoms with Crippen LogP contribution in [0, 0.1) is 13.8 Å². The molecule has 1 unspecified atom stereocenters. The zero-order chi connectivity index (χ0) is 18.7. The van der Waals surface area contributed by atoms with Gasteiger partial charge in [0.05, 0.1) is 17.5 Å². The number of hydrogen-bond acceptors (Lipinski definition) is 7. The van der Waals surface area contributed by atoms with Crippen LogP contribution in [0.2, 0.25) is 0 Å². The summed E-state index contributed by atoms with van der Waals surface area (Å²) >= 11 is 1.18. The predicted octanol–water partition coefficient (Wildman–Crippen LogP) is 3.16. The van der Waals surface area contributed by atoms with Crippen LogP contribution < -0.4 is 9.46 Å². The first-order valence-corrected chi connectivity index (χ1v) is 10.3. The highest BCUT2D eigenvalue weighted by Crippen LogP contribution is 2.34. The van der Waals surface area contributed by atoms with Crippen molar-refractivity contribution in [3.05, 3.63) is 48.1 Å². The van der Waals surface area contributed by atoms with E-state index in [9.17, 15) is 8.42 Å². The summed E-state index contributed by atoms with van der Waals surface area (Å²) in [5, 5.41) is 3.91. The molecule has 0 aliphatic carbocycles. The Labute approximate surface area is 156 Å². The number of aryl methyl sites for hydroxylation is 2. The van der Waals surface area contributed by atoms with Crippen molar-refractivity contribution in [2.45, 2.75) is 31.1 Å². The summed E-state index contributed by atoms with van der Waals surface area (Å²) in [6, 6.07) is 6.88. The largest absolute Gasteiger partial charge is 0.488 e. The second-order valence-corrected chi connectivity index (χ2v) is 8.86. The van der Waals surface area contributed by atoms with Gasteiger partial charge in [-0.15, -0.1) is 11.3 Å². The molecule has 3 aromatic rings. The van der Waals surface area contributed by atoms with Crippen molar-refractivity contribution in [3.63, 3.8) is 0 Å². The van der Waals surface area contributed by atoms with Crippen molar-refractivity contribution in [2.75, 3.05) is 6.54 Å². The van der Waals surface area contributed by atoms with Crippen molar-refractivity contribution >= 4 is 21.4 Å². The minimum atomic E-state index is -3.62. The second kappa shape index (κ2) is 7.56. The van der Waals surface area contributed by atoms with Gasteiger partial charge in [0, 0.05) is 17.6 Å². The Bertz CT molecular complexity index is 961. The van der Waals surface area contributed by atoms with Crippen molar-refractivity contribution in [1.82, 2.24) is 14.9 Å².